The first kappa shape index (κ1) is 20.4. The fourth-order valence-electron chi connectivity index (χ4n) is 4.20. The first-order valence-electron chi connectivity index (χ1n) is 10.6. The number of benzene rings is 1. The zero-order valence-electron chi connectivity index (χ0n) is 17.9. The van der Waals surface area contributed by atoms with Gasteiger partial charge in [0, 0.05) is 33.3 Å². The average molecular weight is 412 g/mol. The summed E-state index contributed by atoms with van der Waals surface area (Å²) in [6.45, 7) is 7.59. The van der Waals surface area contributed by atoms with E-state index < -0.39 is 0 Å². The second kappa shape index (κ2) is 8.47. The van der Waals surface area contributed by atoms with Gasteiger partial charge < -0.3 is 14.2 Å². The van der Waals surface area contributed by atoms with Crippen LogP contribution in [0, 0.1) is 5.92 Å². The van der Waals surface area contributed by atoms with Gasteiger partial charge in [0.2, 0.25) is 5.95 Å². The molecule has 0 fully saturated rings. The van der Waals surface area contributed by atoms with Gasteiger partial charge in [0.1, 0.15) is 0 Å². The highest BCUT2D eigenvalue weighted by Crippen LogP contribution is 2.26. The summed E-state index contributed by atoms with van der Waals surface area (Å²) in [6, 6.07) is 10.4. The van der Waals surface area contributed by atoms with Crippen LogP contribution in [0.5, 0.6) is 0 Å². The van der Waals surface area contributed by atoms with E-state index >= 15 is 0 Å². The first-order valence-corrected chi connectivity index (χ1v) is 10.6. The predicted octanol–water partition coefficient (Wildman–Crippen LogP) is 1.63. The number of rotatable bonds is 7. The van der Waals surface area contributed by atoms with Crippen LogP contribution < -0.4 is 16.1 Å². The molecular weight excluding hydrogens is 382 g/mol. The van der Waals surface area contributed by atoms with Crippen LogP contribution >= 0.6 is 0 Å². The molecule has 8 nitrogen and oxygen atoms in total. The fourth-order valence-corrected chi connectivity index (χ4v) is 4.20. The van der Waals surface area contributed by atoms with E-state index in [1.807, 2.05) is 29.7 Å². The van der Waals surface area contributed by atoms with Crippen molar-refractivity contribution in [2.24, 2.45) is 13.0 Å². The van der Waals surface area contributed by atoms with Gasteiger partial charge in [-0.3, -0.25) is 13.9 Å². The van der Waals surface area contributed by atoms with E-state index in [9.17, 15) is 9.59 Å². The average Bonchev–Trinajstić information content (AvgIpc) is 3.13. The van der Waals surface area contributed by atoms with E-state index in [0.717, 1.165) is 25.5 Å². The van der Waals surface area contributed by atoms with E-state index in [-0.39, 0.29) is 17.8 Å². The topological polar surface area (TPSA) is 74.3 Å². The van der Waals surface area contributed by atoms with Gasteiger partial charge >= 0.3 is 5.69 Å². The highest BCUT2D eigenvalue weighted by molar-refractivity contribution is 5.75. The van der Waals surface area contributed by atoms with Crippen molar-refractivity contribution in [3.8, 4) is 0 Å². The molecule has 0 unspecified atom stereocenters. The molecule has 1 atom stereocenters. The Morgan fingerprint density at radius 1 is 1.13 bits per heavy atom. The molecule has 3 aromatic rings. The summed E-state index contributed by atoms with van der Waals surface area (Å²) in [7, 11) is 1.68. The minimum atomic E-state index is -0.355. The third-order valence-corrected chi connectivity index (χ3v) is 5.70. The number of ether oxygens (including phenoxy) is 1. The smallest absolute Gasteiger partial charge is 0.332 e. The van der Waals surface area contributed by atoms with Crippen molar-refractivity contribution in [1.29, 1.82) is 0 Å². The third-order valence-electron chi connectivity index (χ3n) is 5.70. The molecule has 30 heavy (non-hydrogen) atoms. The molecule has 0 spiro atoms. The second-order valence-electron chi connectivity index (χ2n) is 7.98. The zero-order valence-corrected chi connectivity index (χ0v) is 17.9. The Kier molecular flexibility index (Phi) is 5.76. The Bertz CT molecular complexity index is 1150. The van der Waals surface area contributed by atoms with Crippen LogP contribution in [0.15, 0.2) is 39.9 Å². The number of nitrogens with zero attached hydrogens (tertiary/aromatic N) is 5. The van der Waals surface area contributed by atoms with Gasteiger partial charge in [-0.2, -0.15) is 4.98 Å². The van der Waals surface area contributed by atoms with Crippen molar-refractivity contribution in [2.45, 2.75) is 33.4 Å². The van der Waals surface area contributed by atoms with Gasteiger partial charge in [0.15, 0.2) is 11.2 Å². The normalized spacial score (nSPS) is 16.2. The summed E-state index contributed by atoms with van der Waals surface area (Å²) < 4.78 is 10.1. The number of aryl methyl sites for hydroxylation is 1. The molecule has 0 radical (unpaired) electrons. The summed E-state index contributed by atoms with van der Waals surface area (Å²) in [5.74, 6) is 1.15. The monoisotopic (exact) mass is 411 g/mol. The molecule has 8 heteroatoms. The second-order valence-corrected chi connectivity index (χ2v) is 7.98. The van der Waals surface area contributed by atoms with Crippen LogP contribution in [0.2, 0.25) is 0 Å². The van der Waals surface area contributed by atoms with Crippen molar-refractivity contribution in [3.63, 3.8) is 0 Å². The Morgan fingerprint density at radius 2 is 1.90 bits per heavy atom. The molecule has 2 aromatic heterocycles. The maximum atomic E-state index is 13.2. The third kappa shape index (κ3) is 3.67. The lowest BCUT2D eigenvalue weighted by Gasteiger charge is -2.33. The highest BCUT2D eigenvalue weighted by Gasteiger charge is 2.28. The van der Waals surface area contributed by atoms with Crippen LogP contribution in [-0.2, 0) is 31.3 Å². The summed E-state index contributed by atoms with van der Waals surface area (Å²) in [4.78, 5) is 33.0. The summed E-state index contributed by atoms with van der Waals surface area (Å²) in [6.07, 6.45) is 0.897. The fraction of sp³-hybridized carbons (Fsp3) is 0.500. The maximum absolute atomic E-state index is 13.2. The molecule has 0 aliphatic carbocycles. The van der Waals surface area contributed by atoms with Gasteiger partial charge in [-0.25, -0.2) is 4.79 Å². The molecule has 0 amide bonds. The molecule has 160 valence electrons. The Morgan fingerprint density at radius 3 is 2.63 bits per heavy atom. The highest BCUT2D eigenvalue weighted by atomic mass is 16.5. The van der Waals surface area contributed by atoms with Gasteiger partial charge in [0.25, 0.3) is 5.56 Å². The number of fused-ring (bicyclic) bond motifs is 3. The zero-order chi connectivity index (χ0) is 21.3. The van der Waals surface area contributed by atoms with E-state index in [4.69, 9.17) is 9.72 Å². The van der Waals surface area contributed by atoms with Crippen molar-refractivity contribution in [3.05, 3.63) is 56.7 Å². The summed E-state index contributed by atoms with van der Waals surface area (Å²) >= 11 is 0. The summed E-state index contributed by atoms with van der Waals surface area (Å²) in [5.41, 5.74) is 1.57. The van der Waals surface area contributed by atoms with Gasteiger partial charge in [-0.15, -0.1) is 0 Å². The van der Waals surface area contributed by atoms with E-state index in [1.165, 1.54) is 14.7 Å². The van der Waals surface area contributed by atoms with Crippen LogP contribution in [-0.4, -0.2) is 45.0 Å². The lowest BCUT2D eigenvalue weighted by Crippen LogP contribution is -2.42. The van der Waals surface area contributed by atoms with Crippen LogP contribution in [0.3, 0.4) is 0 Å². The molecular formula is C22H29N5O3. The first-order chi connectivity index (χ1) is 14.5. The molecule has 3 heterocycles. The molecule has 0 N–H and O–H groups in total. The van der Waals surface area contributed by atoms with Gasteiger partial charge in [0.05, 0.1) is 13.2 Å². The minimum Gasteiger partial charge on any atom is -0.380 e. The number of anilines is 1. The lowest BCUT2D eigenvalue weighted by atomic mass is 10.1. The molecule has 1 aromatic carbocycles. The largest absolute Gasteiger partial charge is 0.380 e. The van der Waals surface area contributed by atoms with E-state index in [2.05, 4.69) is 24.0 Å². The lowest BCUT2D eigenvalue weighted by molar-refractivity contribution is 0.137. The molecule has 0 saturated carbocycles. The Labute approximate surface area is 175 Å². The van der Waals surface area contributed by atoms with Crippen LogP contribution in [0.25, 0.3) is 11.2 Å². The number of hydrogen-bond acceptors (Lipinski definition) is 5. The van der Waals surface area contributed by atoms with Crippen molar-refractivity contribution in [1.82, 2.24) is 18.7 Å². The maximum Gasteiger partial charge on any atom is 0.332 e. The van der Waals surface area contributed by atoms with Crippen LogP contribution in [0.4, 0.5) is 5.95 Å². The van der Waals surface area contributed by atoms with E-state index in [0.29, 0.717) is 36.8 Å². The predicted molar refractivity (Wildman–Crippen MR) is 117 cm³/mol. The minimum absolute atomic E-state index is 0.239. The Hall–Kier alpha value is -2.87. The number of aromatic nitrogens is 4. The van der Waals surface area contributed by atoms with Gasteiger partial charge in [-0.05, 0) is 24.8 Å². The molecule has 4 rings (SSSR count). The number of hydrogen-bond donors (Lipinski definition) is 0. The SMILES string of the molecule is CCOCCn1c(=O)c2c(nc3n2C[C@H](C)CN3CCc2ccccc2)n(C)c1=O. The van der Waals surface area contributed by atoms with Crippen molar-refractivity contribution < 1.29 is 4.74 Å². The number of imidazole rings is 1. The quantitative estimate of drug-likeness (QED) is 0.553. The molecule has 1 aliphatic heterocycles. The van der Waals surface area contributed by atoms with Crippen molar-refractivity contribution in [2.75, 3.05) is 31.2 Å². The van der Waals surface area contributed by atoms with Crippen LogP contribution in [0.1, 0.15) is 19.4 Å². The molecule has 1 aliphatic rings. The standard InChI is InChI=1S/C22H29N5O3/c1-4-30-13-12-26-20(28)18-19(24(3)22(26)29)23-21-25(14-16(2)15-27(18)21)11-10-17-8-6-5-7-9-17/h5-9,16H,4,10-15H2,1-3H3/t16-/m1/s1. The Balaban J connectivity index is 1.75. The van der Waals surface area contributed by atoms with Crippen molar-refractivity contribution >= 4 is 17.1 Å². The van der Waals surface area contributed by atoms with Gasteiger partial charge in [-0.1, -0.05) is 37.3 Å². The molecule has 0 saturated heterocycles. The van der Waals surface area contributed by atoms with E-state index in [1.54, 1.807) is 7.05 Å². The summed E-state index contributed by atoms with van der Waals surface area (Å²) in [5, 5.41) is 0. The molecule has 0 bridgehead atoms.